The number of ether oxygens (including phenoxy) is 2. The number of hydrogen-bond acceptors (Lipinski definition) is 3. The molecule has 1 atom stereocenters. The maximum atomic E-state index is 9.53. The zero-order valence-corrected chi connectivity index (χ0v) is 9.56. The highest BCUT2D eigenvalue weighted by atomic mass is 16.5. The largest absolute Gasteiger partial charge is 0.496 e. The first-order chi connectivity index (χ1) is 7.76. The molecule has 0 saturated heterocycles. The van der Waals surface area contributed by atoms with Crippen molar-refractivity contribution in [2.45, 2.75) is 18.9 Å². The summed E-state index contributed by atoms with van der Waals surface area (Å²) in [6, 6.07) is 5.71. The summed E-state index contributed by atoms with van der Waals surface area (Å²) < 4.78 is 10.7. The molecule has 1 aliphatic rings. The zero-order valence-electron chi connectivity index (χ0n) is 9.56. The van der Waals surface area contributed by atoms with Crippen LogP contribution in [0.5, 0.6) is 11.5 Å². The Morgan fingerprint density at radius 3 is 2.25 bits per heavy atom. The van der Waals surface area contributed by atoms with E-state index in [1.54, 1.807) is 14.2 Å². The fourth-order valence-corrected chi connectivity index (χ4v) is 2.08. The van der Waals surface area contributed by atoms with Crippen molar-refractivity contribution >= 4 is 5.57 Å². The molecule has 0 amide bonds. The number of benzene rings is 1. The van der Waals surface area contributed by atoms with Crippen LogP contribution in [0.1, 0.15) is 18.4 Å². The molecule has 0 aliphatic heterocycles. The van der Waals surface area contributed by atoms with Crippen molar-refractivity contribution in [3.8, 4) is 11.5 Å². The third-order valence-electron chi connectivity index (χ3n) is 2.85. The lowest BCUT2D eigenvalue weighted by molar-refractivity contribution is 0.223. The number of rotatable bonds is 3. The Morgan fingerprint density at radius 1 is 1.19 bits per heavy atom. The lowest BCUT2D eigenvalue weighted by Crippen LogP contribution is -1.95. The normalized spacial score (nSPS) is 19.4. The molecule has 16 heavy (non-hydrogen) atoms. The van der Waals surface area contributed by atoms with E-state index >= 15 is 0 Å². The van der Waals surface area contributed by atoms with E-state index in [-0.39, 0.29) is 6.10 Å². The molecule has 0 spiro atoms. The van der Waals surface area contributed by atoms with Crippen LogP contribution in [0, 0.1) is 0 Å². The fourth-order valence-electron chi connectivity index (χ4n) is 2.08. The second-order valence-electron chi connectivity index (χ2n) is 3.84. The van der Waals surface area contributed by atoms with Crippen LogP contribution in [0.2, 0.25) is 0 Å². The summed E-state index contributed by atoms with van der Waals surface area (Å²) in [4.78, 5) is 0. The quantitative estimate of drug-likeness (QED) is 0.849. The van der Waals surface area contributed by atoms with Gasteiger partial charge in [-0.05, 0) is 30.5 Å². The van der Waals surface area contributed by atoms with E-state index in [9.17, 15) is 5.11 Å². The minimum Gasteiger partial charge on any atom is -0.496 e. The van der Waals surface area contributed by atoms with Gasteiger partial charge in [-0.25, -0.2) is 0 Å². The van der Waals surface area contributed by atoms with Crippen LogP contribution in [0.25, 0.3) is 5.57 Å². The Balaban J connectivity index is 2.48. The number of hydrogen-bond donors (Lipinski definition) is 1. The van der Waals surface area contributed by atoms with Gasteiger partial charge in [-0.1, -0.05) is 12.1 Å². The first-order valence-electron chi connectivity index (χ1n) is 5.36. The number of aliphatic hydroxyl groups is 1. The second kappa shape index (κ2) is 4.58. The van der Waals surface area contributed by atoms with Crippen LogP contribution >= 0.6 is 0 Å². The van der Waals surface area contributed by atoms with E-state index in [1.807, 2.05) is 24.3 Å². The molecule has 1 unspecified atom stereocenters. The van der Waals surface area contributed by atoms with Crippen LogP contribution in [-0.4, -0.2) is 25.4 Å². The van der Waals surface area contributed by atoms with Gasteiger partial charge >= 0.3 is 0 Å². The van der Waals surface area contributed by atoms with Gasteiger partial charge in [0.2, 0.25) is 0 Å². The van der Waals surface area contributed by atoms with Crippen molar-refractivity contribution in [2.24, 2.45) is 0 Å². The summed E-state index contributed by atoms with van der Waals surface area (Å²) >= 11 is 0. The summed E-state index contributed by atoms with van der Waals surface area (Å²) in [5.41, 5.74) is 2.06. The van der Waals surface area contributed by atoms with E-state index in [0.29, 0.717) is 0 Å². The van der Waals surface area contributed by atoms with Crippen LogP contribution in [0.4, 0.5) is 0 Å². The molecular formula is C13H16O3. The minimum absolute atomic E-state index is 0.343. The molecular weight excluding hydrogens is 204 g/mol. The second-order valence-corrected chi connectivity index (χ2v) is 3.84. The third kappa shape index (κ3) is 1.91. The van der Waals surface area contributed by atoms with E-state index in [2.05, 4.69) is 0 Å². The van der Waals surface area contributed by atoms with Gasteiger partial charge in [-0.3, -0.25) is 0 Å². The van der Waals surface area contributed by atoms with E-state index in [4.69, 9.17) is 9.47 Å². The first kappa shape index (κ1) is 11.0. The predicted octanol–water partition coefficient (Wildman–Crippen LogP) is 2.24. The van der Waals surface area contributed by atoms with Gasteiger partial charge in [-0.15, -0.1) is 0 Å². The van der Waals surface area contributed by atoms with E-state index in [0.717, 1.165) is 35.5 Å². The molecule has 0 radical (unpaired) electrons. The molecule has 3 heteroatoms. The molecule has 0 bridgehead atoms. The Labute approximate surface area is 95.3 Å². The van der Waals surface area contributed by atoms with Gasteiger partial charge in [0.1, 0.15) is 11.5 Å². The number of methoxy groups -OCH3 is 2. The molecule has 0 fully saturated rings. The van der Waals surface area contributed by atoms with Crippen LogP contribution < -0.4 is 9.47 Å². The maximum absolute atomic E-state index is 9.53. The van der Waals surface area contributed by atoms with Crippen molar-refractivity contribution in [1.82, 2.24) is 0 Å². The monoisotopic (exact) mass is 220 g/mol. The van der Waals surface area contributed by atoms with Gasteiger partial charge in [-0.2, -0.15) is 0 Å². The summed E-state index contributed by atoms with van der Waals surface area (Å²) in [6.45, 7) is 0. The summed E-state index contributed by atoms with van der Waals surface area (Å²) in [5, 5.41) is 9.53. The molecule has 1 aromatic carbocycles. The van der Waals surface area contributed by atoms with Crippen molar-refractivity contribution in [3.05, 3.63) is 29.8 Å². The van der Waals surface area contributed by atoms with Gasteiger partial charge in [0.15, 0.2) is 0 Å². The molecule has 1 aromatic rings. The van der Waals surface area contributed by atoms with Crippen molar-refractivity contribution in [2.75, 3.05) is 14.2 Å². The molecule has 2 rings (SSSR count). The lowest BCUT2D eigenvalue weighted by atomic mass is 10.0. The summed E-state index contributed by atoms with van der Waals surface area (Å²) in [5.74, 6) is 1.58. The Bertz CT molecular complexity index is 387. The minimum atomic E-state index is -0.343. The van der Waals surface area contributed by atoms with Gasteiger partial charge in [0.05, 0.1) is 25.9 Å². The van der Waals surface area contributed by atoms with Crippen molar-refractivity contribution in [3.63, 3.8) is 0 Å². The first-order valence-corrected chi connectivity index (χ1v) is 5.36. The maximum Gasteiger partial charge on any atom is 0.130 e. The Hall–Kier alpha value is -1.48. The summed E-state index contributed by atoms with van der Waals surface area (Å²) in [6.07, 6.45) is 3.17. The smallest absolute Gasteiger partial charge is 0.130 e. The van der Waals surface area contributed by atoms with Gasteiger partial charge < -0.3 is 14.6 Å². The van der Waals surface area contributed by atoms with E-state index < -0.39 is 0 Å². The van der Waals surface area contributed by atoms with Gasteiger partial charge in [0.25, 0.3) is 0 Å². The molecule has 1 aliphatic carbocycles. The highest BCUT2D eigenvalue weighted by Gasteiger charge is 2.20. The molecule has 0 saturated carbocycles. The molecule has 1 N–H and O–H groups in total. The number of allylic oxidation sites excluding steroid dienone is 1. The SMILES string of the molecule is COc1cccc(OC)c1C1=CC(O)CC1. The average molecular weight is 220 g/mol. The van der Waals surface area contributed by atoms with Gasteiger partial charge in [0, 0.05) is 0 Å². The van der Waals surface area contributed by atoms with Crippen LogP contribution in [0.15, 0.2) is 24.3 Å². The zero-order chi connectivity index (χ0) is 11.5. The molecule has 3 nitrogen and oxygen atoms in total. The molecule has 0 heterocycles. The van der Waals surface area contributed by atoms with Crippen molar-refractivity contribution < 1.29 is 14.6 Å². The highest BCUT2D eigenvalue weighted by molar-refractivity contribution is 5.77. The summed E-state index contributed by atoms with van der Waals surface area (Å²) in [7, 11) is 3.29. The highest BCUT2D eigenvalue weighted by Crippen LogP contribution is 2.39. The van der Waals surface area contributed by atoms with E-state index in [1.165, 1.54) is 0 Å². The van der Waals surface area contributed by atoms with Crippen molar-refractivity contribution in [1.29, 1.82) is 0 Å². The standard InChI is InChI=1S/C13H16O3/c1-15-11-4-3-5-12(16-2)13(11)9-6-7-10(14)8-9/h3-5,8,10,14H,6-7H2,1-2H3. The van der Waals surface area contributed by atoms with Crippen LogP contribution in [-0.2, 0) is 0 Å². The average Bonchev–Trinajstić information content (AvgIpc) is 2.74. The lowest BCUT2D eigenvalue weighted by Gasteiger charge is -2.13. The fraction of sp³-hybridized carbons (Fsp3) is 0.385. The molecule has 86 valence electrons. The Kier molecular flexibility index (Phi) is 3.15. The third-order valence-corrected chi connectivity index (χ3v) is 2.85. The van der Waals surface area contributed by atoms with Crippen LogP contribution in [0.3, 0.4) is 0 Å². The Morgan fingerprint density at radius 2 is 1.81 bits per heavy atom. The molecule has 0 aromatic heterocycles. The number of aliphatic hydroxyl groups excluding tert-OH is 1. The topological polar surface area (TPSA) is 38.7 Å². The predicted molar refractivity (Wildman–Crippen MR) is 62.8 cm³/mol.